The Labute approximate surface area is 182 Å². The number of para-hydroxylation sites is 2. The number of carbonyl (C=O) groups excluding carboxylic acids is 1. The van der Waals surface area contributed by atoms with Crippen molar-refractivity contribution in [2.45, 2.75) is 13.8 Å². The van der Waals surface area contributed by atoms with Gasteiger partial charge in [0.15, 0.2) is 5.76 Å². The normalized spacial score (nSPS) is 16.1. The van der Waals surface area contributed by atoms with Crippen molar-refractivity contribution in [3.63, 3.8) is 0 Å². The molecule has 0 spiro atoms. The zero-order valence-electron chi connectivity index (χ0n) is 17.7. The van der Waals surface area contributed by atoms with Crippen LogP contribution >= 0.6 is 0 Å². The average Bonchev–Trinajstić information content (AvgIpc) is 3.11. The number of amidine groups is 1. The summed E-state index contributed by atoms with van der Waals surface area (Å²) in [6.07, 6.45) is 1.76. The molecule has 31 heavy (non-hydrogen) atoms. The Bertz CT molecular complexity index is 1090. The molecule has 0 unspecified atom stereocenters. The number of hydrogen-bond donors (Lipinski definition) is 0. The smallest absolute Gasteiger partial charge is 0.310 e. The van der Waals surface area contributed by atoms with Crippen LogP contribution in [0.25, 0.3) is 6.08 Å². The minimum atomic E-state index is -0.242. The van der Waals surface area contributed by atoms with E-state index in [0.717, 1.165) is 30.0 Å². The second-order valence-electron chi connectivity index (χ2n) is 7.08. The zero-order valence-corrected chi connectivity index (χ0v) is 17.7. The van der Waals surface area contributed by atoms with Crippen LogP contribution in [-0.4, -0.2) is 25.0 Å². The molecule has 0 N–H and O–H groups in total. The van der Waals surface area contributed by atoms with E-state index in [9.17, 15) is 4.79 Å². The molecule has 156 valence electrons. The third-order valence-electron chi connectivity index (χ3n) is 5.12. The maximum Gasteiger partial charge on any atom is 0.310 e. The SMILES string of the molecule is CCN(CC)c1ccc(/C=C2/OC(=Nc3ccccc3)N(c3ccccc3)C2=O)cc1. The standard InChI is InChI=1S/C26H25N3O2/c1-3-28(4-2)22-17-15-20(16-18-22)19-24-25(30)29(23-13-9-6-10-14-23)26(31-24)27-21-11-7-5-8-12-21/h5-19H,3-4H2,1-2H3/b24-19+,27-26?. The molecule has 5 heteroatoms. The summed E-state index contributed by atoms with van der Waals surface area (Å²) in [5.41, 5.74) is 3.48. The molecule has 1 heterocycles. The molecular weight excluding hydrogens is 386 g/mol. The molecule has 3 aromatic rings. The van der Waals surface area contributed by atoms with E-state index in [2.05, 4.69) is 35.9 Å². The van der Waals surface area contributed by atoms with Gasteiger partial charge in [0.05, 0.1) is 11.4 Å². The molecule has 0 aliphatic carbocycles. The van der Waals surface area contributed by atoms with E-state index in [4.69, 9.17) is 4.74 Å². The number of anilines is 2. The van der Waals surface area contributed by atoms with Crippen molar-refractivity contribution in [2.24, 2.45) is 4.99 Å². The van der Waals surface area contributed by atoms with Crippen molar-refractivity contribution < 1.29 is 9.53 Å². The van der Waals surface area contributed by atoms with Gasteiger partial charge in [0.25, 0.3) is 0 Å². The maximum atomic E-state index is 13.2. The summed E-state index contributed by atoms with van der Waals surface area (Å²) in [6.45, 7) is 6.17. The van der Waals surface area contributed by atoms with Crippen LogP contribution in [0.15, 0.2) is 95.7 Å². The Morgan fingerprint density at radius 1 is 0.871 bits per heavy atom. The van der Waals surface area contributed by atoms with Gasteiger partial charge in [-0.15, -0.1) is 0 Å². The van der Waals surface area contributed by atoms with Gasteiger partial charge in [0.2, 0.25) is 0 Å². The van der Waals surface area contributed by atoms with Gasteiger partial charge in [0.1, 0.15) is 0 Å². The first kappa shape index (κ1) is 20.4. The third kappa shape index (κ3) is 4.51. The second kappa shape index (κ2) is 9.30. The van der Waals surface area contributed by atoms with E-state index < -0.39 is 0 Å². The fourth-order valence-electron chi connectivity index (χ4n) is 3.49. The fourth-order valence-corrected chi connectivity index (χ4v) is 3.49. The van der Waals surface area contributed by atoms with E-state index in [1.54, 1.807) is 6.08 Å². The van der Waals surface area contributed by atoms with Crippen molar-refractivity contribution in [1.82, 2.24) is 0 Å². The molecule has 0 radical (unpaired) electrons. The molecule has 4 rings (SSSR count). The van der Waals surface area contributed by atoms with Gasteiger partial charge in [-0.1, -0.05) is 48.5 Å². The molecule has 1 saturated heterocycles. The Morgan fingerprint density at radius 3 is 2.10 bits per heavy atom. The minimum absolute atomic E-state index is 0.242. The molecule has 0 saturated carbocycles. The van der Waals surface area contributed by atoms with Gasteiger partial charge in [-0.25, -0.2) is 4.90 Å². The van der Waals surface area contributed by atoms with Crippen LogP contribution < -0.4 is 9.80 Å². The quantitative estimate of drug-likeness (QED) is 0.494. The number of rotatable bonds is 6. The minimum Gasteiger partial charge on any atom is -0.419 e. The lowest BCUT2D eigenvalue weighted by atomic mass is 10.1. The number of nitrogens with zero attached hydrogens (tertiary/aromatic N) is 3. The lowest BCUT2D eigenvalue weighted by molar-refractivity contribution is -0.114. The summed E-state index contributed by atoms with van der Waals surface area (Å²) in [4.78, 5) is 21.6. The van der Waals surface area contributed by atoms with Crippen LogP contribution in [0.1, 0.15) is 19.4 Å². The van der Waals surface area contributed by atoms with Crippen molar-refractivity contribution in [3.05, 3.63) is 96.3 Å². The summed E-state index contributed by atoms with van der Waals surface area (Å²) in [6, 6.07) is 27.2. The molecular formula is C26H25N3O2. The predicted molar refractivity (Wildman–Crippen MR) is 127 cm³/mol. The summed E-state index contributed by atoms with van der Waals surface area (Å²) in [5.74, 6) is 0.00261. The lowest BCUT2D eigenvalue weighted by Crippen LogP contribution is -2.29. The highest BCUT2D eigenvalue weighted by Crippen LogP contribution is 2.28. The third-order valence-corrected chi connectivity index (χ3v) is 5.12. The molecule has 1 amide bonds. The summed E-state index contributed by atoms with van der Waals surface area (Å²) in [7, 11) is 0. The van der Waals surface area contributed by atoms with E-state index in [1.165, 1.54) is 4.90 Å². The van der Waals surface area contributed by atoms with E-state index >= 15 is 0 Å². The first-order chi connectivity index (χ1) is 15.2. The highest BCUT2D eigenvalue weighted by atomic mass is 16.5. The Hall–Kier alpha value is -3.86. The highest BCUT2D eigenvalue weighted by molar-refractivity contribution is 6.26. The number of hydrogen-bond acceptors (Lipinski definition) is 4. The largest absolute Gasteiger partial charge is 0.419 e. The van der Waals surface area contributed by atoms with Crippen LogP contribution in [0.4, 0.5) is 17.1 Å². The number of ether oxygens (including phenoxy) is 1. The van der Waals surface area contributed by atoms with Crippen LogP contribution in [0.3, 0.4) is 0 Å². The topological polar surface area (TPSA) is 45.1 Å². The number of carbonyl (C=O) groups is 1. The van der Waals surface area contributed by atoms with Gasteiger partial charge in [0, 0.05) is 18.8 Å². The maximum absolute atomic E-state index is 13.2. The zero-order chi connectivity index (χ0) is 21.6. The van der Waals surface area contributed by atoms with Crippen molar-refractivity contribution >= 4 is 35.1 Å². The van der Waals surface area contributed by atoms with Crippen molar-refractivity contribution in [3.8, 4) is 0 Å². The average molecular weight is 412 g/mol. The van der Waals surface area contributed by atoms with Crippen LogP contribution in [0.5, 0.6) is 0 Å². The molecule has 1 fully saturated rings. The van der Waals surface area contributed by atoms with Crippen LogP contribution in [0, 0.1) is 0 Å². The number of amides is 1. The summed E-state index contributed by atoms with van der Waals surface area (Å²) >= 11 is 0. The molecule has 1 aliphatic heterocycles. The fraction of sp³-hybridized carbons (Fsp3) is 0.154. The van der Waals surface area contributed by atoms with Crippen molar-refractivity contribution in [2.75, 3.05) is 22.9 Å². The molecule has 1 aliphatic rings. The molecule has 0 aromatic heterocycles. The van der Waals surface area contributed by atoms with Gasteiger partial charge < -0.3 is 9.64 Å². The van der Waals surface area contributed by atoms with Gasteiger partial charge in [-0.2, -0.15) is 4.99 Å². The highest BCUT2D eigenvalue weighted by Gasteiger charge is 2.36. The predicted octanol–water partition coefficient (Wildman–Crippen LogP) is 5.62. The second-order valence-corrected chi connectivity index (χ2v) is 7.08. The Balaban J connectivity index is 1.68. The first-order valence-electron chi connectivity index (χ1n) is 10.5. The van der Waals surface area contributed by atoms with E-state index in [0.29, 0.717) is 5.69 Å². The van der Waals surface area contributed by atoms with Gasteiger partial charge in [-0.05, 0) is 61.9 Å². The molecule has 3 aromatic carbocycles. The summed E-state index contributed by atoms with van der Waals surface area (Å²) in [5, 5.41) is 0. The van der Waals surface area contributed by atoms with Crippen LogP contribution in [0.2, 0.25) is 0 Å². The van der Waals surface area contributed by atoms with E-state index in [1.807, 2.05) is 72.8 Å². The van der Waals surface area contributed by atoms with Gasteiger partial charge >= 0.3 is 11.9 Å². The summed E-state index contributed by atoms with van der Waals surface area (Å²) < 4.78 is 5.95. The molecule has 0 atom stereocenters. The van der Waals surface area contributed by atoms with Crippen LogP contribution in [-0.2, 0) is 9.53 Å². The van der Waals surface area contributed by atoms with E-state index in [-0.39, 0.29) is 17.7 Å². The molecule has 0 bridgehead atoms. The van der Waals surface area contributed by atoms with Crippen molar-refractivity contribution in [1.29, 1.82) is 0 Å². The first-order valence-corrected chi connectivity index (χ1v) is 10.5. The number of aliphatic imine (C=N–C) groups is 1. The Kier molecular flexibility index (Phi) is 6.13. The molecule has 5 nitrogen and oxygen atoms in total. The number of benzene rings is 3. The van der Waals surface area contributed by atoms with Gasteiger partial charge in [-0.3, -0.25) is 4.79 Å². The Morgan fingerprint density at radius 2 is 1.48 bits per heavy atom. The lowest BCUT2D eigenvalue weighted by Gasteiger charge is -2.20. The monoisotopic (exact) mass is 411 g/mol.